The van der Waals surface area contributed by atoms with Gasteiger partial charge in [-0.1, -0.05) is 0 Å². The summed E-state index contributed by atoms with van der Waals surface area (Å²) in [6.07, 6.45) is 5.19. The minimum atomic E-state index is -0.476. The van der Waals surface area contributed by atoms with Gasteiger partial charge < -0.3 is 15.0 Å². The number of methoxy groups -OCH3 is 1. The number of rotatable bonds is 7. The number of ether oxygens (including phenoxy) is 1. The molecule has 1 aromatic carbocycles. The molecule has 0 aliphatic carbocycles. The van der Waals surface area contributed by atoms with Crippen LogP contribution in [0.15, 0.2) is 42.7 Å². The molecular formula is C19H22N4O4. The van der Waals surface area contributed by atoms with Crippen molar-refractivity contribution >= 4 is 17.3 Å². The van der Waals surface area contributed by atoms with Crippen molar-refractivity contribution in [2.45, 2.75) is 18.9 Å². The molecule has 1 N–H and O–H groups in total. The Labute approximate surface area is 157 Å². The third-order valence-electron chi connectivity index (χ3n) is 4.67. The highest BCUT2D eigenvalue weighted by molar-refractivity contribution is 5.96. The van der Waals surface area contributed by atoms with E-state index in [4.69, 9.17) is 4.74 Å². The number of carbonyl (C=O) groups excluding carboxylic acids is 1. The molecule has 8 heteroatoms. The first-order valence-corrected chi connectivity index (χ1v) is 8.84. The highest BCUT2D eigenvalue weighted by Gasteiger charge is 2.31. The lowest BCUT2D eigenvalue weighted by Gasteiger charge is -2.25. The normalized spacial score (nSPS) is 16.3. The van der Waals surface area contributed by atoms with Gasteiger partial charge in [-0.25, -0.2) is 0 Å². The standard InChI is InChI=1S/C19H22N4O4/c1-27-12-10-21-16-5-4-15(13-18(16)23(25)26)19(24)22-11-2-3-17(22)14-6-8-20-9-7-14/h4-9,13,17,21H,2-3,10-12H2,1H3. The maximum absolute atomic E-state index is 13.0. The van der Waals surface area contributed by atoms with Gasteiger partial charge in [0.25, 0.3) is 11.6 Å². The van der Waals surface area contributed by atoms with Crippen LogP contribution in [0.5, 0.6) is 0 Å². The van der Waals surface area contributed by atoms with E-state index in [9.17, 15) is 14.9 Å². The van der Waals surface area contributed by atoms with Gasteiger partial charge in [-0.05, 0) is 42.7 Å². The Bertz CT molecular complexity index is 813. The summed E-state index contributed by atoms with van der Waals surface area (Å²) in [6, 6.07) is 8.34. The molecule has 8 nitrogen and oxygen atoms in total. The highest BCUT2D eigenvalue weighted by Crippen LogP contribution is 2.34. The van der Waals surface area contributed by atoms with E-state index < -0.39 is 4.92 Å². The van der Waals surface area contributed by atoms with Crippen LogP contribution >= 0.6 is 0 Å². The van der Waals surface area contributed by atoms with Crippen molar-refractivity contribution in [3.05, 3.63) is 64.0 Å². The van der Waals surface area contributed by atoms with Crippen molar-refractivity contribution in [1.82, 2.24) is 9.88 Å². The number of amides is 1. The number of pyridine rings is 1. The number of likely N-dealkylation sites (tertiary alicyclic amines) is 1. The Hall–Kier alpha value is -3.00. The summed E-state index contributed by atoms with van der Waals surface area (Å²) >= 11 is 0. The zero-order valence-corrected chi connectivity index (χ0v) is 15.1. The van der Waals surface area contributed by atoms with Gasteiger partial charge in [0.15, 0.2) is 0 Å². The predicted molar refractivity (Wildman–Crippen MR) is 101 cm³/mol. The van der Waals surface area contributed by atoms with Crippen molar-refractivity contribution in [2.24, 2.45) is 0 Å². The molecule has 1 fully saturated rings. The van der Waals surface area contributed by atoms with Crippen LogP contribution in [0.1, 0.15) is 34.8 Å². The second-order valence-corrected chi connectivity index (χ2v) is 6.35. The maximum atomic E-state index is 13.0. The molecule has 0 saturated carbocycles. The van der Waals surface area contributed by atoms with Gasteiger partial charge >= 0.3 is 0 Å². The molecular weight excluding hydrogens is 348 g/mol. The van der Waals surface area contributed by atoms with E-state index in [1.807, 2.05) is 12.1 Å². The summed E-state index contributed by atoms with van der Waals surface area (Å²) in [5.41, 5.74) is 1.61. The molecule has 1 unspecified atom stereocenters. The topological polar surface area (TPSA) is 97.6 Å². The molecule has 0 spiro atoms. The second kappa shape index (κ2) is 8.59. The highest BCUT2D eigenvalue weighted by atomic mass is 16.6. The summed E-state index contributed by atoms with van der Waals surface area (Å²) in [5.74, 6) is -0.194. The van der Waals surface area contributed by atoms with Crippen LogP contribution in [0.25, 0.3) is 0 Å². The van der Waals surface area contributed by atoms with Gasteiger partial charge in [-0.3, -0.25) is 19.9 Å². The van der Waals surface area contributed by atoms with Gasteiger partial charge in [-0.15, -0.1) is 0 Å². The van der Waals surface area contributed by atoms with E-state index in [1.54, 1.807) is 36.5 Å². The van der Waals surface area contributed by atoms with Crippen molar-refractivity contribution < 1.29 is 14.5 Å². The molecule has 3 rings (SSSR count). The zero-order chi connectivity index (χ0) is 19.2. The summed E-state index contributed by atoms with van der Waals surface area (Å²) in [6.45, 7) is 1.51. The minimum absolute atomic E-state index is 0.0286. The lowest BCUT2D eigenvalue weighted by Crippen LogP contribution is -2.30. The number of anilines is 1. The molecule has 0 radical (unpaired) electrons. The number of nitro benzene ring substituents is 1. The van der Waals surface area contributed by atoms with Crippen LogP contribution < -0.4 is 5.32 Å². The zero-order valence-electron chi connectivity index (χ0n) is 15.1. The minimum Gasteiger partial charge on any atom is -0.383 e. The first-order valence-electron chi connectivity index (χ1n) is 8.84. The third kappa shape index (κ3) is 4.22. The quantitative estimate of drug-likeness (QED) is 0.457. The lowest BCUT2D eigenvalue weighted by molar-refractivity contribution is -0.384. The molecule has 27 heavy (non-hydrogen) atoms. The second-order valence-electron chi connectivity index (χ2n) is 6.35. The number of benzene rings is 1. The molecule has 1 aromatic heterocycles. The number of nitro groups is 1. The maximum Gasteiger partial charge on any atom is 0.293 e. The van der Waals surface area contributed by atoms with Crippen molar-refractivity contribution in [3.63, 3.8) is 0 Å². The number of nitrogens with zero attached hydrogens (tertiary/aromatic N) is 3. The molecule has 1 aliphatic heterocycles. The molecule has 1 saturated heterocycles. The molecule has 142 valence electrons. The first kappa shape index (κ1) is 18.8. The summed E-state index contributed by atoms with van der Waals surface area (Å²) in [7, 11) is 1.56. The van der Waals surface area contributed by atoms with Crippen molar-refractivity contribution in [1.29, 1.82) is 0 Å². The number of aromatic nitrogens is 1. The van der Waals surface area contributed by atoms with Crippen LogP contribution in [0.2, 0.25) is 0 Å². The Morgan fingerprint density at radius 2 is 2.15 bits per heavy atom. The average Bonchev–Trinajstić information content (AvgIpc) is 3.18. The van der Waals surface area contributed by atoms with E-state index in [0.29, 0.717) is 30.9 Å². The summed E-state index contributed by atoms with van der Waals surface area (Å²) < 4.78 is 4.95. The van der Waals surface area contributed by atoms with Crippen LogP contribution in [-0.4, -0.2) is 47.5 Å². The molecule has 1 amide bonds. The molecule has 1 atom stereocenters. The Morgan fingerprint density at radius 3 is 2.85 bits per heavy atom. The van der Waals surface area contributed by atoms with Crippen molar-refractivity contribution in [3.8, 4) is 0 Å². The number of nitrogens with one attached hydrogen (secondary N) is 1. The van der Waals surface area contributed by atoms with Crippen LogP contribution in [0.3, 0.4) is 0 Å². The van der Waals surface area contributed by atoms with E-state index in [-0.39, 0.29) is 17.6 Å². The Morgan fingerprint density at radius 1 is 1.37 bits per heavy atom. The first-order chi connectivity index (χ1) is 13.1. The number of carbonyl (C=O) groups is 1. The van der Waals surface area contributed by atoms with Crippen LogP contribution in [-0.2, 0) is 4.74 Å². The van der Waals surface area contributed by atoms with Crippen LogP contribution in [0.4, 0.5) is 11.4 Å². The van der Waals surface area contributed by atoms with Gasteiger partial charge in [0.1, 0.15) is 5.69 Å². The summed E-state index contributed by atoms with van der Waals surface area (Å²) in [4.78, 5) is 29.8. The van der Waals surface area contributed by atoms with E-state index in [0.717, 1.165) is 18.4 Å². The van der Waals surface area contributed by atoms with E-state index in [1.165, 1.54) is 6.07 Å². The predicted octanol–water partition coefficient (Wildman–Crippen LogP) is 3.03. The number of hydrogen-bond acceptors (Lipinski definition) is 6. The Kier molecular flexibility index (Phi) is 5.97. The smallest absolute Gasteiger partial charge is 0.293 e. The van der Waals surface area contributed by atoms with E-state index >= 15 is 0 Å². The SMILES string of the molecule is COCCNc1ccc(C(=O)N2CCCC2c2ccncc2)cc1[N+](=O)[O-]. The number of hydrogen-bond donors (Lipinski definition) is 1. The fourth-order valence-electron chi connectivity index (χ4n) is 3.36. The van der Waals surface area contributed by atoms with E-state index in [2.05, 4.69) is 10.3 Å². The van der Waals surface area contributed by atoms with Crippen molar-refractivity contribution in [2.75, 3.05) is 32.1 Å². The Balaban J connectivity index is 1.83. The molecule has 0 bridgehead atoms. The van der Waals surface area contributed by atoms with Crippen LogP contribution in [0, 0.1) is 10.1 Å². The summed E-state index contributed by atoms with van der Waals surface area (Å²) in [5, 5.41) is 14.4. The van der Waals surface area contributed by atoms with Gasteiger partial charge in [-0.2, -0.15) is 0 Å². The largest absolute Gasteiger partial charge is 0.383 e. The van der Waals surface area contributed by atoms with Gasteiger partial charge in [0.05, 0.1) is 17.6 Å². The molecule has 1 aliphatic rings. The molecule has 2 heterocycles. The lowest BCUT2D eigenvalue weighted by atomic mass is 10.1. The monoisotopic (exact) mass is 370 g/mol. The van der Waals surface area contributed by atoms with Gasteiger partial charge in [0, 0.05) is 44.2 Å². The fourth-order valence-corrected chi connectivity index (χ4v) is 3.36. The average molecular weight is 370 g/mol. The third-order valence-corrected chi connectivity index (χ3v) is 4.67. The fraction of sp³-hybridized carbons (Fsp3) is 0.368. The molecule has 2 aromatic rings. The van der Waals surface area contributed by atoms with Gasteiger partial charge in [0.2, 0.25) is 0 Å².